The van der Waals surface area contributed by atoms with Gasteiger partial charge in [0.2, 0.25) is 0 Å². The van der Waals surface area contributed by atoms with E-state index in [0.29, 0.717) is 0 Å². The molecular weight excluding hydrogens is 332 g/mol. The summed E-state index contributed by atoms with van der Waals surface area (Å²) in [5.41, 5.74) is 3.00. The number of nitrogens with zero attached hydrogens (tertiary/aromatic N) is 4. The van der Waals surface area contributed by atoms with Gasteiger partial charge in [-0.3, -0.25) is 4.98 Å². The van der Waals surface area contributed by atoms with Crippen LogP contribution in [0.1, 0.15) is 65.2 Å². The zero-order valence-electron chi connectivity index (χ0n) is 17.0. The Morgan fingerprint density at radius 2 is 1.19 bits per heavy atom. The molecule has 0 spiro atoms. The van der Waals surface area contributed by atoms with Gasteiger partial charge in [-0.05, 0) is 49.2 Å². The molecule has 2 rings (SSSR count). The summed E-state index contributed by atoms with van der Waals surface area (Å²) in [7, 11) is 0. The molecular formula is C23H34N4. The van der Waals surface area contributed by atoms with Crippen molar-refractivity contribution in [2.75, 3.05) is 18.0 Å². The molecule has 0 aliphatic rings. The van der Waals surface area contributed by atoms with E-state index >= 15 is 0 Å². The maximum atomic E-state index is 4.33. The van der Waals surface area contributed by atoms with Crippen LogP contribution < -0.4 is 4.90 Å². The summed E-state index contributed by atoms with van der Waals surface area (Å²) in [6, 6.07) is 12.2. The molecule has 146 valence electrons. The van der Waals surface area contributed by atoms with Gasteiger partial charge in [0.15, 0.2) is 0 Å². The third-order valence-electron chi connectivity index (χ3n) is 4.72. The third-order valence-corrected chi connectivity index (χ3v) is 4.72. The average molecular weight is 367 g/mol. The van der Waals surface area contributed by atoms with Crippen molar-refractivity contribution < 1.29 is 0 Å². The van der Waals surface area contributed by atoms with Gasteiger partial charge in [0.05, 0.1) is 11.4 Å². The van der Waals surface area contributed by atoms with Gasteiger partial charge in [0, 0.05) is 31.2 Å². The maximum Gasteiger partial charge on any atom is 0.0887 e. The Labute approximate surface area is 164 Å². The Balaban J connectivity index is 1.95. The molecule has 4 heteroatoms. The summed E-state index contributed by atoms with van der Waals surface area (Å²) < 4.78 is 0. The molecule has 27 heavy (non-hydrogen) atoms. The van der Waals surface area contributed by atoms with E-state index in [9.17, 15) is 0 Å². The molecule has 0 atom stereocenters. The van der Waals surface area contributed by atoms with Crippen molar-refractivity contribution in [2.45, 2.75) is 65.2 Å². The third kappa shape index (κ3) is 8.33. The molecule has 0 radical (unpaired) electrons. The Kier molecular flexibility index (Phi) is 10.2. The first-order chi connectivity index (χ1) is 13.3. The van der Waals surface area contributed by atoms with Crippen molar-refractivity contribution in [1.29, 1.82) is 0 Å². The van der Waals surface area contributed by atoms with Crippen molar-refractivity contribution >= 4 is 17.1 Å². The van der Waals surface area contributed by atoms with E-state index in [1.807, 2.05) is 12.1 Å². The number of unbranched alkanes of at least 4 members (excludes halogenated alkanes) is 6. The summed E-state index contributed by atoms with van der Waals surface area (Å²) in [5, 5.41) is 8.59. The predicted molar refractivity (Wildman–Crippen MR) is 115 cm³/mol. The highest BCUT2D eigenvalue weighted by Crippen LogP contribution is 2.23. The molecule has 0 aliphatic heterocycles. The van der Waals surface area contributed by atoms with Gasteiger partial charge in [-0.25, -0.2) is 0 Å². The molecule has 0 N–H and O–H groups in total. The first kappa shape index (κ1) is 21.1. The molecule has 0 aliphatic carbocycles. The standard InChI is InChI=1S/C23H34N4/c1-3-5-7-9-19-27(20-10-8-6-4-2)23-13-11-21(12-14-23)25-26-22-15-17-24-18-16-22/h11-18H,3-10,19-20H2,1-2H3/b26-25+. The second-order valence-electron chi connectivity index (χ2n) is 7.03. The fourth-order valence-electron chi connectivity index (χ4n) is 3.09. The van der Waals surface area contributed by atoms with Crippen LogP contribution in [-0.4, -0.2) is 18.1 Å². The van der Waals surface area contributed by atoms with Crippen LogP contribution in [0.5, 0.6) is 0 Å². The minimum absolute atomic E-state index is 0.822. The van der Waals surface area contributed by atoms with Gasteiger partial charge >= 0.3 is 0 Å². The van der Waals surface area contributed by atoms with Gasteiger partial charge in [0.25, 0.3) is 0 Å². The number of hydrogen-bond donors (Lipinski definition) is 0. The minimum Gasteiger partial charge on any atom is -0.372 e. The summed E-state index contributed by atoms with van der Waals surface area (Å²) in [4.78, 5) is 6.53. The molecule has 1 heterocycles. The number of aromatic nitrogens is 1. The molecule has 4 nitrogen and oxygen atoms in total. The lowest BCUT2D eigenvalue weighted by atomic mass is 10.1. The van der Waals surface area contributed by atoms with Gasteiger partial charge in [-0.1, -0.05) is 52.4 Å². The molecule has 1 aromatic carbocycles. The van der Waals surface area contributed by atoms with E-state index in [1.165, 1.54) is 57.1 Å². The Morgan fingerprint density at radius 1 is 0.667 bits per heavy atom. The lowest BCUT2D eigenvalue weighted by Gasteiger charge is -2.25. The van der Waals surface area contributed by atoms with Gasteiger partial charge < -0.3 is 4.90 Å². The number of anilines is 1. The summed E-state index contributed by atoms with van der Waals surface area (Å²) >= 11 is 0. The monoisotopic (exact) mass is 366 g/mol. The van der Waals surface area contributed by atoms with Crippen LogP contribution in [0.4, 0.5) is 17.1 Å². The molecule has 0 saturated heterocycles. The van der Waals surface area contributed by atoms with Crippen LogP contribution in [0.15, 0.2) is 59.0 Å². The number of rotatable bonds is 13. The van der Waals surface area contributed by atoms with E-state index < -0.39 is 0 Å². The fraction of sp³-hybridized carbons (Fsp3) is 0.522. The van der Waals surface area contributed by atoms with Crippen LogP contribution in [0, 0.1) is 0 Å². The van der Waals surface area contributed by atoms with E-state index in [-0.39, 0.29) is 0 Å². The number of pyridine rings is 1. The van der Waals surface area contributed by atoms with E-state index in [1.54, 1.807) is 12.4 Å². The first-order valence-electron chi connectivity index (χ1n) is 10.5. The average Bonchev–Trinajstić information content (AvgIpc) is 2.72. The van der Waals surface area contributed by atoms with Crippen LogP contribution in [0.3, 0.4) is 0 Å². The van der Waals surface area contributed by atoms with Gasteiger partial charge in [-0.15, -0.1) is 0 Å². The van der Waals surface area contributed by atoms with Gasteiger partial charge in [-0.2, -0.15) is 10.2 Å². The molecule has 0 amide bonds. The van der Waals surface area contributed by atoms with Crippen molar-refractivity contribution in [3.05, 3.63) is 48.8 Å². The zero-order chi connectivity index (χ0) is 19.2. The lowest BCUT2D eigenvalue weighted by molar-refractivity contribution is 0.609. The van der Waals surface area contributed by atoms with Crippen LogP contribution in [0.25, 0.3) is 0 Å². The van der Waals surface area contributed by atoms with Crippen molar-refractivity contribution in [1.82, 2.24) is 4.98 Å². The Bertz CT molecular complexity index is 625. The quantitative estimate of drug-likeness (QED) is 0.272. The normalized spacial score (nSPS) is 11.2. The predicted octanol–water partition coefficient (Wildman–Crippen LogP) is 7.46. The molecule has 2 aromatic rings. The summed E-state index contributed by atoms with van der Waals surface area (Å²) in [5.74, 6) is 0. The summed E-state index contributed by atoms with van der Waals surface area (Å²) in [6.45, 7) is 6.82. The summed E-state index contributed by atoms with van der Waals surface area (Å²) in [6.07, 6.45) is 13.9. The zero-order valence-corrected chi connectivity index (χ0v) is 17.0. The smallest absolute Gasteiger partial charge is 0.0887 e. The van der Waals surface area contributed by atoms with Crippen molar-refractivity contribution in [3.8, 4) is 0 Å². The van der Waals surface area contributed by atoms with Crippen LogP contribution in [0.2, 0.25) is 0 Å². The van der Waals surface area contributed by atoms with Crippen molar-refractivity contribution in [2.24, 2.45) is 10.2 Å². The molecule has 0 fully saturated rings. The molecule has 0 unspecified atom stereocenters. The van der Waals surface area contributed by atoms with Crippen LogP contribution in [-0.2, 0) is 0 Å². The largest absolute Gasteiger partial charge is 0.372 e. The van der Waals surface area contributed by atoms with E-state index in [4.69, 9.17) is 0 Å². The minimum atomic E-state index is 0.822. The number of benzene rings is 1. The highest BCUT2D eigenvalue weighted by molar-refractivity contribution is 5.52. The van der Waals surface area contributed by atoms with Gasteiger partial charge in [0.1, 0.15) is 0 Å². The highest BCUT2D eigenvalue weighted by atomic mass is 15.1. The SMILES string of the molecule is CCCCCCN(CCCCCC)c1ccc(/N=N/c2ccncc2)cc1. The second-order valence-corrected chi connectivity index (χ2v) is 7.03. The number of azo groups is 1. The van der Waals surface area contributed by atoms with Crippen LogP contribution >= 0.6 is 0 Å². The fourth-order valence-corrected chi connectivity index (χ4v) is 3.09. The highest BCUT2D eigenvalue weighted by Gasteiger charge is 2.06. The topological polar surface area (TPSA) is 40.9 Å². The van der Waals surface area contributed by atoms with Crippen molar-refractivity contribution in [3.63, 3.8) is 0 Å². The number of hydrogen-bond acceptors (Lipinski definition) is 4. The lowest BCUT2D eigenvalue weighted by Crippen LogP contribution is -2.25. The Morgan fingerprint density at radius 3 is 1.70 bits per heavy atom. The second kappa shape index (κ2) is 13.0. The first-order valence-corrected chi connectivity index (χ1v) is 10.5. The molecule has 0 saturated carbocycles. The van der Waals surface area contributed by atoms with E-state index in [0.717, 1.165) is 24.5 Å². The maximum absolute atomic E-state index is 4.33. The van der Waals surface area contributed by atoms with E-state index in [2.05, 4.69) is 58.2 Å². The molecule has 0 bridgehead atoms. The molecule has 1 aromatic heterocycles. The Hall–Kier alpha value is -2.23.